The summed E-state index contributed by atoms with van der Waals surface area (Å²) in [6.07, 6.45) is 17.0. The third kappa shape index (κ3) is 29.0. The molecule has 5 radical (unpaired) electrons. The summed E-state index contributed by atoms with van der Waals surface area (Å²) in [6, 6.07) is 35.1. The standard InChI is InChI=1S/2C15H22ClN.C15H19ClN.C11H10ClN.C4H9.C3H3B.CH4O.CH4.B.2BrH.2Mg.Na.H/c3*1-11(2)10-14(17)15(8-3-9-15)12-4-6-13(16)7-5-12;12-10-4-2-9(3-5-10)11(8-13)6-1-7-11;1-4(2)3;1-2-3-4;1-2;;;;;;;;/h2*4-7,11,14H,3,8-10,17H2,1-2H3;4-7,11H,3,8-10H2,1-2H3;2-5H,1,6-7H2;4H,1H2,2-3H3;1H3;2H,1H3;1H4;;2*1H;;;;/q;;-1;;-1;;;;;;;2*+2;+1;-1/p-2. The number of nitrogens with two attached hydrogens (primary N) is 2. The Morgan fingerprint density at radius 3 is 1.04 bits per heavy atom. The molecule has 4 saturated carbocycles. The van der Waals surface area contributed by atoms with Crippen molar-refractivity contribution in [3.63, 3.8) is 0 Å². The largest absolute Gasteiger partial charge is 2.00 e. The van der Waals surface area contributed by atoms with Crippen LogP contribution in [0.5, 0.6) is 0 Å². The maximum Gasteiger partial charge on any atom is 2.00 e. The smallest absolute Gasteiger partial charge is 1.00 e. The first-order valence-electron chi connectivity index (χ1n) is 27.0. The maximum atomic E-state index is 10.4. The van der Waals surface area contributed by atoms with E-state index in [-0.39, 0.29) is 161 Å². The summed E-state index contributed by atoms with van der Waals surface area (Å²) in [5.41, 5.74) is 18.8. The Kier molecular flexibility index (Phi) is 54.0. The first kappa shape index (κ1) is 92.4. The molecule has 2 atom stereocenters. The van der Waals surface area contributed by atoms with Crippen molar-refractivity contribution in [3.05, 3.63) is 152 Å². The second kappa shape index (κ2) is 47.3. The number of hydrogen-bond acceptors (Lipinski definition) is 4. The van der Waals surface area contributed by atoms with Crippen LogP contribution in [0.15, 0.2) is 97.1 Å². The third-order valence-corrected chi connectivity index (χ3v) is 15.9. The SMILES string of the molecule is C.CC(C)CC(=[N-])C1(c2ccc(Cl)cc2)CCC1.CC(C)CC(N)C1(c2ccc(Cl)cc2)CCC1.CC(C)CC(N)C1(c2ccc(Cl)cc2)CCC1.CO.N#CC1(c2ccc(Cl)cc2)CCC1.[B].[B]C#CC.[Br-].[Br-].[CH2-]C(C)C.[H-].[Mg+2].[Mg+2].[Na+]. The molecule has 4 aromatic rings. The van der Waals surface area contributed by atoms with Crippen LogP contribution in [0.25, 0.3) is 5.41 Å². The van der Waals surface area contributed by atoms with Crippen molar-refractivity contribution in [3.8, 4) is 17.8 Å². The van der Waals surface area contributed by atoms with Gasteiger partial charge >= 0.3 is 75.7 Å². The quantitative estimate of drug-likeness (QED) is 0.0542. The van der Waals surface area contributed by atoms with Crippen molar-refractivity contribution in [1.82, 2.24) is 0 Å². The number of aliphatic hydroxyl groups is 1. The van der Waals surface area contributed by atoms with Crippen molar-refractivity contribution < 1.29 is 70.1 Å². The molecule has 4 aromatic carbocycles. The normalized spacial score (nSPS) is 15.9. The van der Waals surface area contributed by atoms with Crippen molar-refractivity contribution in [1.29, 1.82) is 5.26 Å². The molecule has 81 heavy (non-hydrogen) atoms. The average molecular weight is 1340 g/mol. The molecule has 4 fully saturated rings. The van der Waals surface area contributed by atoms with Gasteiger partial charge in [0.05, 0.1) is 11.5 Å². The van der Waals surface area contributed by atoms with E-state index in [4.69, 9.17) is 68.2 Å². The van der Waals surface area contributed by atoms with Crippen molar-refractivity contribution in [2.45, 2.75) is 200 Å². The van der Waals surface area contributed by atoms with Crippen molar-refractivity contribution in [2.24, 2.45) is 35.1 Å². The molecular weight excluding hydrogens is 1250 g/mol. The first-order chi connectivity index (χ1) is 35.0. The van der Waals surface area contributed by atoms with Gasteiger partial charge in [-0.25, -0.2) is 0 Å². The number of nitrogens with zero attached hydrogens (tertiary/aromatic N) is 2. The Morgan fingerprint density at radius 2 is 0.852 bits per heavy atom. The fraction of sp³-hybridized carbons (Fsp3) is 0.554. The van der Waals surface area contributed by atoms with E-state index in [1.807, 2.05) is 60.7 Å². The Labute approximate surface area is 594 Å². The number of rotatable bonds is 13. The van der Waals surface area contributed by atoms with E-state index in [0.29, 0.717) is 29.4 Å². The second-order valence-electron chi connectivity index (χ2n) is 22.3. The molecule has 0 spiro atoms. The van der Waals surface area contributed by atoms with Gasteiger partial charge in [0.25, 0.3) is 0 Å². The minimum atomic E-state index is -0.204. The van der Waals surface area contributed by atoms with Crippen molar-refractivity contribution >= 4 is 114 Å². The van der Waals surface area contributed by atoms with Gasteiger partial charge in [0.2, 0.25) is 0 Å². The van der Waals surface area contributed by atoms with Gasteiger partial charge in [0.1, 0.15) is 0 Å². The zero-order valence-corrected chi connectivity index (χ0v) is 61.4. The number of aliphatic hydroxyl groups excluding tert-OH is 1. The van der Waals surface area contributed by atoms with Gasteiger partial charge in [-0.2, -0.15) is 22.7 Å². The molecule has 5 nitrogen and oxygen atoms in total. The molecule has 4 aliphatic rings. The minimum Gasteiger partial charge on any atom is -1.00 e. The molecule has 433 valence electrons. The van der Waals surface area contributed by atoms with Gasteiger partial charge in [-0.1, -0.05) is 183 Å². The number of nitriles is 1. The zero-order chi connectivity index (χ0) is 55.7. The molecule has 4 aliphatic carbocycles. The molecule has 2 unspecified atom stereocenters. The van der Waals surface area contributed by atoms with Gasteiger partial charge in [-0.05, 0) is 172 Å². The Bertz CT molecular complexity index is 2260. The number of benzene rings is 4. The predicted octanol–water partition coefficient (Wildman–Crippen LogP) is 8.21. The summed E-state index contributed by atoms with van der Waals surface area (Å²) in [5, 5.41) is 29.6. The van der Waals surface area contributed by atoms with Crippen molar-refractivity contribution in [2.75, 3.05) is 7.11 Å². The second-order valence-corrected chi connectivity index (χ2v) is 24.1. The Morgan fingerprint density at radius 1 is 0.593 bits per heavy atom. The average Bonchev–Trinajstić information content (AvgIpc) is 3.28. The fourth-order valence-electron chi connectivity index (χ4n) is 10.3. The van der Waals surface area contributed by atoms with Gasteiger partial charge in [-0.15, -0.1) is 5.92 Å². The monoisotopic (exact) mass is 1340 g/mol. The van der Waals surface area contributed by atoms with E-state index in [9.17, 15) is 5.41 Å². The van der Waals surface area contributed by atoms with Gasteiger partial charge in [0, 0.05) is 58.5 Å². The van der Waals surface area contributed by atoms with Crippen LogP contribution >= 0.6 is 46.4 Å². The molecule has 0 heterocycles. The van der Waals surface area contributed by atoms with Crippen LogP contribution in [-0.2, 0) is 21.7 Å². The van der Waals surface area contributed by atoms with Crippen LogP contribution in [0.1, 0.15) is 190 Å². The fourth-order valence-corrected chi connectivity index (χ4v) is 10.8. The molecule has 16 heteroatoms. The molecule has 0 bridgehead atoms. The third-order valence-electron chi connectivity index (χ3n) is 14.9. The summed E-state index contributed by atoms with van der Waals surface area (Å²) >= 11 is 23.6. The molecule has 0 aromatic heterocycles. The topological polar surface area (TPSA) is 118 Å². The summed E-state index contributed by atoms with van der Waals surface area (Å²) in [7, 11) is 5.67. The molecular formula is C65H94B2Br2Cl4Mg2N4NaO. The van der Waals surface area contributed by atoms with Crippen LogP contribution in [-0.4, -0.2) is 92.4 Å². The van der Waals surface area contributed by atoms with Crippen LogP contribution in [0.2, 0.25) is 20.1 Å². The van der Waals surface area contributed by atoms with E-state index in [1.54, 1.807) is 6.92 Å². The maximum absolute atomic E-state index is 10.4. The van der Waals surface area contributed by atoms with E-state index in [2.05, 4.69) is 124 Å². The first-order valence-corrected chi connectivity index (χ1v) is 28.5. The number of halogens is 6. The summed E-state index contributed by atoms with van der Waals surface area (Å²) in [4.78, 5) is 0. The summed E-state index contributed by atoms with van der Waals surface area (Å²) in [5.74, 6) is 7.05. The molecule has 0 aliphatic heterocycles. The zero-order valence-electron chi connectivity index (χ0n) is 51.3. The van der Waals surface area contributed by atoms with E-state index in [0.717, 1.165) is 84.1 Å². The van der Waals surface area contributed by atoms with Crippen LogP contribution < -0.4 is 75.0 Å². The molecule has 5 N–H and O–H groups in total. The van der Waals surface area contributed by atoms with Gasteiger partial charge in [-0.3, -0.25) is 0 Å². The van der Waals surface area contributed by atoms with Gasteiger partial charge < -0.3 is 64.3 Å². The number of hydrogen-bond donors (Lipinski definition) is 3. The molecule has 0 amide bonds. The van der Waals surface area contributed by atoms with Crippen LogP contribution in [0, 0.1) is 53.7 Å². The minimum absolute atomic E-state index is 0. The summed E-state index contributed by atoms with van der Waals surface area (Å²) in [6.45, 7) is 22.7. The molecule has 0 saturated heterocycles. The van der Waals surface area contributed by atoms with Gasteiger partial charge in [0.15, 0.2) is 7.85 Å². The van der Waals surface area contributed by atoms with E-state index >= 15 is 0 Å². The van der Waals surface area contributed by atoms with Crippen LogP contribution in [0.4, 0.5) is 0 Å². The van der Waals surface area contributed by atoms with E-state index in [1.165, 1.54) is 61.6 Å². The molecule has 8 rings (SSSR count). The summed E-state index contributed by atoms with van der Waals surface area (Å²) < 4.78 is 0. The predicted molar refractivity (Wildman–Crippen MR) is 349 cm³/mol. The van der Waals surface area contributed by atoms with Crippen LogP contribution in [0.3, 0.4) is 0 Å². The van der Waals surface area contributed by atoms with E-state index < -0.39 is 0 Å². The Hall–Kier alpha value is 0.262. The Balaban J connectivity index is -0.000000168.